The summed E-state index contributed by atoms with van der Waals surface area (Å²) >= 11 is 0. The lowest BCUT2D eigenvalue weighted by molar-refractivity contribution is 0.0955. The second-order valence-electron chi connectivity index (χ2n) is 8.56. The van der Waals surface area contributed by atoms with Crippen molar-refractivity contribution in [2.24, 2.45) is 0 Å². The average molecular weight is 468 g/mol. The van der Waals surface area contributed by atoms with E-state index in [0.717, 1.165) is 47.4 Å². The van der Waals surface area contributed by atoms with Gasteiger partial charge in [0.15, 0.2) is 0 Å². The number of benzene rings is 3. The molecule has 4 aromatic rings. The van der Waals surface area contributed by atoms with Crippen LogP contribution in [0.3, 0.4) is 0 Å². The highest BCUT2D eigenvalue weighted by molar-refractivity contribution is 6.07. The van der Waals surface area contributed by atoms with E-state index >= 15 is 0 Å². The van der Waals surface area contributed by atoms with Crippen molar-refractivity contribution in [3.63, 3.8) is 0 Å². The van der Waals surface area contributed by atoms with E-state index in [4.69, 9.17) is 9.72 Å². The van der Waals surface area contributed by atoms with E-state index in [1.165, 1.54) is 11.3 Å². The van der Waals surface area contributed by atoms with Crippen LogP contribution in [0.15, 0.2) is 78.9 Å². The monoisotopic (exact) mass is 467 g/mol. The van der Waals surface area contributed by atoms with Crippen LogP contribution in [-0.4, -0.2) is 37.1 Å². The van der Waals surface area contributed by atoms with E-state index in [-0.39, 0.29) is 5.91 Å². The molecule has 0 aliphatic carbocycles. The van der Waals surface area contributed by atoms with Gasteiger partial charge in [-0.3, -0.25) is 4.79 Å². The van der Waals surface area contributed by atoms with Crippen molar-refractivity contribution in [1.82, 2.24) is 10.3 Å². The Balaban J connectivity index is 1.47. The molecule has 5 nitrogen and oxygen atoms in total. The van der Waals surface area contributed by atoms with Gasteiger partial charge < -0.3 is 15.0 Å². The molecular formula is C30H33N3O2. The molecule has 3 aromatic carbocycles. The lowest BCUT2D eigenvalue weighted by atomic mass is 10.0. The van der Waals surface area contributed by atoms with E-state index < -0.39 is 0 Å². The molecule has 5 heteroatoms. The number of nitrogens with zero attached hydrogens (tertiary/aromatic N) is 2. The van der Waals surface area contributed by atoms with Crippen molar-refractivity contribution in [3.8, 4) is 17.0 Å². The van der Waals surface area contributed by atoms with E-state index in [1.54, 1.807) is 0 Å². The van der Waals surface area contributed by atoms with E-state index in [9.17, 15) is 4.79 Å². The molecule has 0 unspecified atom stereocenters. The summed E-state index contributed by atoms with van der Waals surface area (Å²) in [5.41, 5.74) is 5.64. The first kappa shape index (κ1) is 24.3. The molecule has 0 aliphatic heterocycles. The minimum Gasteiger partial charge on any atom is -0.494 e. The van der Waals surface area contributed by atoms with Crippen LogP contribution >= 0.6 is 0 Å². The number of carbonyl (C=O) groups excluding carboxylic acids is 1. The van der Waals surface area contributed by atoms with E-state index in [2.05, 4.69) is 48.3 Å². The lowest BCUT2D eigenvalue weighted by Crippen LogP contribution is -2.30. The van der Waals surface area contributed by atoms with Crippen molar-refractivity contribution < 1.29 is 9.53 Å². The summed E-state index contributed by atoms with van der Waals surface area (Å²) in [6, 6.07) is 26.1. The van der Waals surface area contributed by atoms with E-state index in [0.29, 0.717) is 18.7 Å². The van der Waals surface area contributed by atoms with Gasteiger partial charge >= 0.3 is 0 Å². The first-order chi connectivity index (χ1) is 17.1. The third kappa shape index (κ3) is 5.99. The number of aryl methyl sites for hydroxylation is 1. The van der Waals surface area contributed by atoms with Crippen LogP contribution in [-0.2, 0) is 0 Å². The molecule has 0 spiro atoms. The Morgan fingerprint density at radius 1 is 0.971 bits per heavy atom. The Hall–Kier alpha value is -3.86. The molecule has 1 amide bonds. The SMILES string of the molecule is CCOc1ccc(-c2cc(C(=O)NCCCN(CC)c3cccc(C)c3)c3ccccc3n2)cc1. The van der Waals surface area contributed by atoms with Gasteiger partial charge in [-0.2, -0.15) is 0 Å². The molecule has 1 aromatic heterocycles. The van der Waals surface area contributed by atoms with Crippen LogP contribution in [0.1, 0.15) is 36.2 Å². The fraction of sp³-hybridized carbons (Fsp3) is 0.267. The molecule has 1 N–H and O–H groups in total. The summed E-state index contributed by atoms with van der Waals surface area (Å²) in [6.07, 6.45) is 0.863. The van der Waals surface area contributed by atoms with Gasteiger partial charge in [-0.1, -0.05) is 30.3 Å². The Labute approximate surface area is 207 Å². The van der Waals surface area contributed by atoms with Gasteiger partial charge in [0.2, 0.25) is 0 Å². The Bertz CT molecular complexity index is 1280. The molecule has 0 saturated heterocycles. The highest BCUT2D eigenvalue weighted by Gasteiger charge is 2.14. The minimum atomic E-state index is -0.0746. The molecule has 0 bridgehead atoms. The maximum atomic E-state index is 13.2. The number of rotatable bonds is 10. The van der Waals surface area contributed by atoms with Crippen LogP contribution < -0.4 is 15.0 Å². The fourth-order valence-corrected chi connectivity index (χ4v) is 4.26. The zero-order valence-electron chi connectivity index (χ0n) is 20.8. The summed E-state index contributed by atoms with van der Waals surface area (Å²) < 4.78 is 5.55. The number of para-hydroxylation sites is 1. The van der Waals surface area contributed by atoms with Gasteiger partial charge in [0.25, 0.3) is 5.91 Å². The number of amides is 1. The normalized spacial score (nSPS) is 10.8. The van der Waals surface area contributed by atoms with Gasteiger partial charge in [0, 0.05) is 36.3 Å². The number of carbonyl (C=O) groups is 1. The van der Waals surface area contributed by atoms with Crippen molar-refractivity contribution in [2.75, 3.05) is 31.1 Å². The highest BCUT2D eigenvalue weighted by Crippen LogP contribution is 2.26. The van der Waals surface area contributed by atoms with E-state index in [1.807, 2.05) is 61.5 Å². The first-order valence-corrected chi connectivity index (χ1v) is 12.3. The lowest BCUT2D eigenvalue weighted by Gasteiger charge is -2.23. The Morgan fingerprint density at radius 3 is 2.51 bits per heavy atom. The third-order valence-corrected chi connectivity index (χ3v) is 6.06. The number of hydrogen-bond donors (Lipinski definition) is 1. The van der Waals surface area contributed by atoms with Crippen molar-refractivity contribution in [2.45, 2.75) is 27.2 Å². The van der Waals surface area contributed by atoms with Gasteiger partial charge in [-0.15, -0.1) is 0 Å². The van der Waals surface area contributed by atoms with Gasteiger partial charge in [0.1, 0.15) is 5.75 Å². The maximum absolute atomic E-state index is 13.2. The summed E-state index contributed by atoms with van der Waals surface area (Å²) in [5.74, 6) is 0.746. The zero-order valence-corrected chi connectivity index (χ0v) is 20.8. The summed E-state index contributed by atoms with van der Waals surface area (Å²) in [4.78, 5) is 20.4. The molecule has 180 valence electrons. The van der Waals surface area contributed by atoms with Crippen LogP contribution in [0, 0.1) is 6.92 Å². The molecule has 0 radical (unpaired) electrons. The number of hydrogen-bond acceptors (Lipinski definition) is 4. The number of aromatic nitrogens is 1. The summed E-state index contributed by atoms with van der Waals surface area (Å²) in [7, 11) is 0. The molecule has 0 saturated carbocycles. The largest absolute Gasteiger partial charge is 0.494 e. The zero-order chi connectivity index (χ0) is 24.6. The second kappa shape index (κ2) is 11.5. The van der Waals surface area contributed by atoms with Gasteiger partial charge in [-0.25, -0.2) is 4.98 Å². The molecular weight excluding hydrogens is 434 g/mol. The summed E-state index contributed by atoms with van der Waals surface area (Å²) in [6.45, 7) is 9.28. The number of pyridine rings is 1. The molecule has 0 atom stereocenters. The predicted molar refractivity (Wildman–Crippen MR) is 144 cm³/mol. The Kier molecular flexibility index (Phi) is 7.99. The summed E-state index contributed by atoms with van der Waals surface area (Å²) in [5, 5.41) is 3.98. The molecule has 0 fully saturated rings. The van der Waals surface area contributed by atoms with Crippen LogP contribution in [0.2, 0.25) is 0 Å². The van der Waals surface area contributed by atoms with Crippen molar-refractivity contribution in [3.05, 3.63) is 90.0 Å². The first-order valence-electron chi connectivity index (χ1n) is 12.3. The quantitative estimate of drug-likeness (QED) is 0.280. The predicted octanol–water partition coefficient (Wildman–Crippen LogP) is 6.26. The van der Waals surface area contributed by atoms with Crippen LogP contribution in [0.4, 0.5) is 5.69 Å². The number of anilines is 1. The number of fused-ring (bicyclic) bond motifs is 1. The second-order valence-corrected chi connectivity index (χ2v) is 8.56. The third-order valence-electron chi connectivity index (χ3n) is 6.06. The molecule has 0 aliphatic rings. The number of ether oxygens (including phenoxy) is 1. The van der Waals surface area contributed by atoms with Crippen LogP contribution in [0.25, 0.3) is 22.2 Å². The standard InChI is InChI=1S/C30H33N3O2/c1-4-33(24-11-8-10-22(3)20-24)19-9-18-31-30(34)27-21-29(32-28-13-7-6-12-26(27)28)23-14-16-25(17-15-23)35-5-2/h6-8,10-17,20-21H,4-5,9,18-19H2,1-3H3,(H,31,34). The minimum absolute atomic E-state index is 0.0746. The fourth-order valence-electron chi connectivity index (χ4n) is 4.26. The smallest absolute Gasteiger partial charge is 0.252 e. The van der Waals surface area contributed by atoms with Gasteiger partial charge in [0.05, 0.1) is 23.4 Å². The van der Waals surface area contributed by atoms with Gasteiger partial charge in [-0.05, 0) is 81.3 Å². The molecule has 35 heavy (non-hydrogen) atoms. The average Bonchev–Trinajstić information content (AvgIpc) is 2.88. The topological polar surface area (TPSA) is 54.5 Å². The molecule has 4 rings (SSSR count). The number of nitrogens with one attached hydrogen (secondary N) is 1. The highest BCUT2D eigenvalue weighted by atomic mass is 16.5. The van der Waals surface area contributed by atoms with Crippen LogP contribution in [0.5, 0.6) is 5.75 Å². The van der Waals surface area contributed by atoms with Crippen molar-refractivity contribution in [1.29, 1.82) is 0 Å². The van der Waals surface area contributed by atoms with Crippen molar-refractivity contribution >= 4 is 22.5 Å². The maximum Gasteiger partial charge on any atom is 0.252 e. The molecule has 1 heterocycles. The Morgan fingerprint density at radius 2 is 1.77 bits per heavy atom.